The molecule has 2 N–H and O–H groups in total. The first-order valence-corrected chi connectivity index (χ1v) is 12.8. The normalized spacial score (nSPS) is 21.5. The smallest absolute Gasteiger partial charge is 0.253 e. The Kier molecular flexibility index (Phi) is 6.81. The third-order valence-corrected chi connectivity index (χ3v) is 7.97. The van der Waals surface area contributed by atoms with E-state index in [1.54, 1.807) is 0 Å². The minimum absolute atomic E-state index is 0.134. The van der Waals surface area contributed by atoms with Crippen molar-refractivity contribution in [1.82, 2.24) is 15.1 Å². The van der Waals surface area contributed by atoms with Crippen molar-refractivity contribution < 1.29 is 9.90 Å². The van der Waals surface area contributed by atoms with Gasteiger partial charge in [-0.2, -0.15) is 0 Å². The Hall–Kier alpha value is -2.21. The Morgan fingerprint density at radius 3 is 2.12 bits per heavy atom. The van der Waals surface area contributed by atoms with Crippen LogP contribution in [0.1, 0.15) is 56.2 Å². The van der Waals surface area contributed by atoms with Gasteiger partial charge in [0.25, 0.3) is 5.91 Å². The quantitative estimate of drug-likeness (QED) is 0.707. The van der Waals surface area contributed by atoms with Crippen LogP contribution in [0.5, 0.6) is 0 Å². The number of nitrogens with zero attached hydrogens (tertiary/aromatic N) is 2. The zero-order valence-electron chi connectivity index (χ0n) is 19.7. The first-order valence-electron chi connectivity index (χ1n) is 12.8. The molecule has 1 saturated heterocycles. The molecular formula is C28H37N3O2. The van der Waals surface area contributed by atoms with E-state index in [0.717, 1.165) is 19.6 Å². The number of aliphatic hydroxyl groups is 1. The number of amides is 1. The molecule has 1 saturated carbocycles. The van der Waals surface area contributed by atoms with Crippen molar-refractivity contribution in [3.63, 3.8) is 0 Å². The molecule has 2 aliphatic carbocycles. The first-order chi connectivity index (χ1) is 16.1. The molecule has 1 aliphatic heterocycles. The number of piperazine rings is 1. The molecule has 5 heteroatoms. The second kappa shape index (κ2) is 9.96. The lowest BCUT2D eigenvalue weighted by Gasteiger charge is -2.40. The molecule has 5 rings (SSSR count). The maximum Gasteiger partial charge on any atom is 0.253 e. The monoisotopic (exact) mass is 447 g/mol. The van der Waals surface area contributed by atoms with Crippen LogP contribution < -0.4 is 5.32 Å². The number of rotatable bonds is 6. The Balaban J connectivity index is 1.18. The summed E-state index contributed by atoms with van der Waals surface area (Å²) in [6.45, 7) is 5.79. The molecule has 2 aromatic carbocycles. The summed E-state index contributed by atoms with van der Waals surface area (Å²) in [5, 5.41) is 14.2. The highest BCUT2D eigenvalue weighted by molar-refractivity contribution is 5.81. The summed E-state index contributed by atoms with van der Waals surface area (Å²) in [6.07, 6.45) is 5.51. The van der Waals surface area contributed by atoms with Gasteiger partial charge in [-0.05, 0) is 54.5 Å². The lowest BCUT2D eigenvalue weighted by Crippen LogP contribution is -2.55. The van der Waals surface area contributed by atoms with E-state index in [0.29, 0.717) is 19.0 Å². The fraction of sp³-hybridized carbons (Fsp3) is 0.536. The zero-order chi connectivity index (χ0) is 22.8. The Labute approximate surface area is 197 Å². The largest absolute Gasteiger partial charge is 0.382 e. The van der Waals surface area contributed by atoms with E-state index in [2.05, 4.69) is 58.7 Å². The average molecular weight is 448 g/mol. The van der Waals surface area contributed by atoms with E-state index in [-0.39, 0.29) is 18.0 Å². The van der Waals surface area contributed by atoms with Gasteiger partial charge >= 0.3 is 0 Å². The predicted octanol–water partition coefficient (Wildman–Crippen LogP) is 3.82. The summed E-state index contributed by atoms with van der Waals surface area (Å²) in [5.74, 6) is 0.551. The fourth-order valence-corrected chi connectivity index (χ4v) is 5.98. The van der Waals surface area contributed by atoms with Gasteiger partial charge in [-0.3, -0.25) is 9.69 Å². The lowest BCUT2D eigenvalue weighted by molar-refractivity contribution is -0.143. The van der Waals surface area contributed by atoms with Gasteiger partial charge < -0.3 is 15.3 Å². The van der Waals surface area contributed by atoms with Crippen LogP contribution in [0, 0.1) is 5.92 Å². The minimum Gasteiger partial charge on any atom is -0.382 e. The van der Waals surface area contributed by atoms with Crippen LogP contribution in [-0.4, -0.2) is 65.7 Å². The van der Waals surface area contributed by atoms with E-state index in [9.17, 15) is 9.90 Å². The van der Waals surface area contributed by atoms with Crippen molar-refractivity contribution in [2.45, 2.75) is 57.2 Å². The highest BCUT2D eigenvalue weighted by Gasteiger charge is 2.36. The highest BCUT2D eigenvalue weighted by Crippen LogP contribution is 2.46. The van der Waals surface area contributed by atoms with Gasteiger partial charge in [0.1, 0.15) is 6.10 Å². The Morgan fingerprint density at radius 2 is 1.52 bits per heavy atom. The maximum atomic E-state index is 13.0. The third-order valence-electron chi connectivity index (χ3n) is 7.97. The molecule has 1 heterocycles. The SMILES string of the molecule is C[C@@H](NCC1CCCCC1)[C@H](O)C(=O)N1CCN(C2c3ccccc3-c3ccccc32)CC1. The van der Waals surface area contributed by atoms with Gasteiger partial charge in [0, 0.05) is 32.2 Å². The molecule has 0 radical (unpaired) electrons. The van der Waals surface area contributed by atoms with Crippen molar-refractivity contribution >= 4 is 5.91 Å². The van der Waals surface area contributed by atoms with Gasteiger partial charge in [-0.15, -0.1) is 0 Å². The molecule has 33 heavy (non-hydrogen) atoms. The highest BCUT2D eigenvalue weighted by atomic mass is 16.3. The molecule has 0 bridgehead atoms. The second-order valence-corrected chi connectivity index (χ2v) is 10.1. The molecule has 2 fully saturated rings. The minimum atomic E-state index is -0.979. The van der Waals surface area contributed by atoms with Crippen molar-refractivity contribution in [3.8, 4) is 11.1 Å². The van der Waals surface area contributed by atoms with Crippen LogP contribution in [0.15, 0.2) is 48.5 Å². The number of aliphatic hydroxyl groups excluding tert-OH is 1. The van der Waals surface area contributed by atoms with Gasteiger partial charge in [0.15, 0.2) is 0 Å². The fourth-order valence-electron chi connectivity index (χ4n) is 5.98. The zero-order valence-corrected chi connectivity index (χ0v) is 19.7. The van der Waals surface area contributed by atoms with E-state index in [4.69, 9.17) is 0 Å². The molecule has 0 aromatic heterocycles. The standard InChI is InChI=1S/C28H37N3O2/c1-20(29-19-21-9-3-2-4-10-21)27(32)28(33)31-17-15-30(16-18-31)26-24-13-7-5-11-22(24)23-12-6-8-14-25(23)26/h5-8,11-14,20-21,26-27,29,32H,2-4,9-10,15-19H2,1H3/t20-,27+/m1/s1. The van der Waals surface area contributed by atoms with Crippen LogP contribution in [0.25, 0.3) is 11.1 Å². The molecule has 0 unspecified atom stereocenters. The van der Waals surface area contributed by atoms with Crippen LogP contribution in [0.4, 0.5) is 0 Å². The number of benzene rings is 2. The first kappa shape index (κ1) is 22.6. The third kappa shape index (κ3) is 4.59. The molecule has 3 aliphatic rings. The number of hydrogen-bond acceptors (Lipinski definition) is 4. The van der Waals surface area contributed by atoms with Gasteiger partial charge in [0.05, 0.1) is 6.04 Å². The van der Waals surface area contributed by atoms with Crippen molar-refractivity contribution in [3.05, 3.63) is 59.7 Å². The topological polar surface area (TPSA) is 55.8 Å². The summed E-state index contributed by atoms with van der Waals surface area (Å²) in [6, 6.07) is 17.4. The van der Waals surface area contributed by atoms with Crippen LogP contribution in [0.2, 0.25) is 0 Å². The van der Waals surface area contributed by atoms with E-state index in [1.807, 2.05) is 11.8 Å². The lowest BCUT2D eigenvalue weighted by atomic mass is 9.89. The number of hydrogen-bond donors (Lipinski definition) is 2. The van der Waals surface area contributed by atoms with Gasteiger partial charge in [-0.1, -0.05) is 67.8 Å². The summed E-state index contributed by atoms with van der Waals surface area (Å²) >= 11 is 0. The maximum absolute atomic E-state index is 13.0. The molecule has 1 amide bonds. The number of carbonyl (C=O) groups is 1. The molecular weight excluding hydrogens is 410 g/mol. The summed E-state index contributed by atoms with van der Waals surface area (Å²) < 4.78 is 0. The van der Waals surface area contributed by atoms with Crippen LogP contribution in [-0.2, 0) is 4.79 Å². The Morgan fingerprint density at radius 1 is 0.939 bits per heavy atom. The Bertz CT molecular complexity index is 918. The van der Waals surface area contributed by atoms with Gasteiger partial charge in [-0.25, -0.2) is 0 Å². The van der Waals surface area contributed by atoms with E-state index < -0.39 is 6.10 Å². The molecule has 5 nitrogen and oxygen atoms in total. The van der Waals surface area contributed by atoms with Crippen LogP contribution >= 0.6 is 0 Å². The predicted molar refractivity (Wildman–Crippen MR) is 132 cm³/mol. The number of carbonyl (C=O) groups excluding carboxylic acids is 1. The summed E-state index contributed by atoms with van der Waals surface area (Å²) in [4.78, 5) is 17.4. The number of nitrogens with one attached hydrogen (secondary N) is 1. The molecule has 176 valence electrons. The van der Waals surface area contributed by atoms with Crippen molar-refractivity contribution in [2.75, 3.05) is 32.7 Å². The van der Waals surface area contributed by atoms with E-state index >= 15 is 0 Å². The van der Waals surface area contributed by atoms with Crippen molar-refractivity contribution in [1.29, 1.82) is 0 Å². The van der Waals surface area contributed by atoms with E-state index in [1.165, 1.54) is 54.4 Å². The van der Waals surface area contributed by atoms with Crippen LogP contribution in [0.3, 0.4) is 0 Å². The molecule has 0 spiro atoms. The average Bonchev–Trinajstić information content (AvgIpc) is 3.21. The van der Waals surface area contributed by atoms with Gasteiger partial charge in [0.2, 0.25) is 0 Å². The number of fused-ring (bicyclic) bond motifs is 3. The molecule has 2 aromatic rings. The van der Waals surface area contributed by atoms with Crippen molar-refractivity contribution in [2.24, 2.45) is 5.92 Å². The summed E-state index contributed by atoms with van der Waals surface area (Å²) in [5.41, 5.74) is 5.37. The molecule has 2 atom stereocenters. The summed E-state index contributed by atoms with van der Waals surface area (Å²) in [7, 11) is 0. The second-order valence-electron chi connectivity index (χ2n) is 10.1.